The summed E-state index contributed by atoms with van der Waals surface area (Å²) in [5.41, 5.74) is -0.285. The van der Waals surface area contributed by atoms with Crippen LogP contribution in [0.5, 0.6) is 0 Å². The monoisotopic (exact) mass is 258 g/mol. The first-order valence-corrected chi connectivity index (χ1v) is 6.28. The lowest BCUT2D eigenvalue weighted by Crippen LogP contribution is -2.53. The van der Waals surface area contributed by atoms with Crippen LogP contribution in [0.3, 0.4) is 0 Å². The fourth-order valence-electron chi connectivity index (χ4n) is 2.21. The maximum Gasteiger partial charge on any atom is 0.326 e. The zero-order valence-electron chi connectivity index (χ0n) is 12.3. The maximum absolute atomic E-state index is 11.7. The van der Waals surface area contributed by atoms with Crippen LogP contribution >= 0.6 is 0 Å². The molecular formula is C13H26N2O3. The summed E-state index contributed by atoms with van der Waals surface area (Å²) in [5.74, 6) is -1.01. The molecule has 0 aromatic carbocycles. The number of carboxylic acid groups (broad SMARTS) is 1. The molecule has 0 saturated carbocycles. The summed E-state index contributed by atoms with van der Waals surface area (Å²) in [5, 5.41) is 14.1. The van der Waals surface area contributed by atoms with Crippen LogP contribution in [0.15, 0.2) is 0 Å². The molecule has 5 nitrogen and oxygen atoms in total. The first-order chi connectivity index (χ1) is 7.97. The molecule has 0 aliphatic carbocycles. The molecule has 3 N–H and O–H groups in total. The first-order valence-electron chi connectivity index (χ1n) is 6.28. The third-order valence-electron chi connectivity index (χ3n) is 2.44. The molecule has 1 atom stereocenters. The quantitative estimate of drug-likeness (QED) is 0.708. The van der Waals surface area contributed by atoms with Gasteiger partial charge in [-0.3, -0.25) is 0 Å². The summed E-state index contributed by atoms with van der Waals surface area (Å²) < 4.78 is 0. The van der Waals surface area contributed by atoms with Gasteiger partial charge in [0.25, 0.3) is 0 Å². The molecule has 2 amide bonds. The summed E-state index contributed by atoms with van der Waals surface area (Å²) in [6.45, 7) is 11.9. The van der Waals surface area contributed by atoms with Crippen molar-refractivity contribution >= 4 is 12.0 Å². The molecule has 0 aliphatic rings. The van der Waals surface area contributed by atoms with Gasteiger partial charge in [-0.1, -0.05) is 27.7 Å². The molecular weight excluding hydrogens is 232 g/mol. The average Bonchev–Trinajstić information content (AvgIpc) is 2.08. The highest BCUT2D eigenvalue weighted by Crippen LogP contribution is 2.26. The number of carbonyl (C=O) groups is 2. The Balaban J connectivity index is 4.43. The summed E-state index contributed by atoms with van der Waals surface area (Å²) in [4.78, 5) is 22.6. The normalized spacial score (nSPS) is 13.9. The van der Waals surface area contributed by atoms with E-state index in [1.165, 1.54) is 0 Å². The number of urea groups is 1. The lowest BCUT2D eigenvalue weighted by atomic mass is 9.82. The Morgan fingerprint density at radius 2 is 1.67 bits per heavy atom. The van der Waals surface area contributed by atoms with E-state index in [0.29, 0.717) is 6.42 Å². The smallest absolute Gasteiger partial charge is 0.326 e. The van der Waals surface area contributed by atoms with Gasteiger partial charge in [0, 0.05) is 5.54 Å². The minimum Gasteiger partial charge on any atom is -0.480 e. The Morgan fingerprint density at radius 3 is 2.00 bits per heavy atom. The van der Waals surface area contributed by atoms with Crippen molar-refractivity contribution in [3.05, 3.63) is 0 Å². The zero-order valence-corrected chi connectivity index (χ0v) is 12.3. The van der Waals surface area contributed by atoms with Crippen molar-refractivity contribution in [2.45, 2.75) is 66.0 Å². The number of rotatable bonds is 5. The van der Waals surface area contributed by atoms with Crippen molar-refractivity contribution in [2.24, 2.45) is 5.41 Å². The number of aliphatic carboxylic acids is 1. The van der Waals surface area contributed by atoms with Gasteiger partial charge in [-0.25, -0.2) is 9.59 Å². The van der Waals surface area contributed by atoms with E-state index in [4.69, 9.17) is 5.11 Å². The Morgan fingerprint density at radius 1 is 1.17 bits per heavy atom. The average molecular weight is 258 g/mol. The minimum atomic E-state index is -1.01. The highest BCUT2D eigenvalue weighted by molar-refractivity contribution is 5.82. The van der Waals surface area contributed by atoms with Crippen molar-refractivity contribution in [1.29, 1.82) is 0 Å². The molecule has 0 spiro atoms. The van der Waals surface area contributed by atoms with E-state index < -0.39 is 18.0 Å². The highest BCUT2D eigenvalue weighted by Gasteiger charge is 2.28. The van der Waals surface area contributed by atoms with E-state index in [1.54, 1.807) is 6.92 Å². The van der Waals surface area contributed by atoms with E-state index in [1.807, 2.05) is 13.8 Å². The third kappa shape index (κ3) is 7.14. The van der Waals surface area contributed by atoms with Crippen molar-refractivity contribution in [2.75, 3.05) is 0 Å². The maximum atomic E-state index is 11.7. The first kappa shape index (κ1) is 16.7. The molecule has 0 rings (SSSR count). The van der Waals surface area contributed by atoms with Crippen molar-refractivity contribution in [3.63, 3.8) is 0 Å². The Hall–Kier alpha value is -1.26. The van der Waals surface area contributed by atoms with Gasteiger partial charge in [-0.2, -0.15) is 0 Å². The van der Waals surface area contributed by atoms with Crippen LogP contribution in [0.2, 0.25) is 0 Å². The number of hydrogen-bond donors (Lipinski definition) is 3. The molecule has 0 fully saturated rings. The van der Waals surface area contributed by atoms with Gasteiger partial charge >= 0.3 is 12.0 Å². The molecule has 0 aromatic rings. The van der Waals surface area contributed by atoms with E-state index in [2.05, 4.69) is 31.4 Å². The largest absolute Gasteiger partial charge is 0.480 e. The van der Waals surface area contributed by atoms with Gasteiger partial charge in [0.1, 0.15) is 6.04 Å². The van der Waals surface area contributed by atoms with Gasteiger partial charge in [0.2, 0.25) is 0 Å². The predicted octanol–water partition coefficient (Wildman–Crippen LogP) is 2.36. The van der Waals surface area contributed by atoms with E-state index >= 15 is 0 Å². The summed E-state index contributed by atoms with van der Waals surface area (Å²) in [7, 11) is 0. The second kappa shape index (κ2) is 6.07. The minimum absolute atomic E-state index is 0.0910. The van der Waals surface area contributed by atoms with Crippen LogP contribution in [0, 0.1) is 5.41 Å². The molecule has 106 valence electrons. The van der Waals surface area contributed by atoms with E-state index in [9.17, 15) is 9.59 Å². The zero-order chi connectivity index (χ0) is 14.6. The SMILES string of the molecule is CC[C@@H](NC(=O)NC(C)(C)CC(C)(C)C)C(=O)O. The number of carbonyl (C=O) groups excluding carboxylic acids is 1. The van der Waals surface area contributed by atoms with Crippen LogP contribution in [0.25, 0.3) is 0 Å². The molecule has 0 aliphatic heterocycles. The Kier molecular flexibility index (Phi) is 5.64. The van der Waals surface area contributed by atoms with Crippen molar-refractivity contribution in [1.82, 2.24) is 10.6 Å². The highest BCUT2D eigenvalue weighted by atomic mass is 16.4. The molecule has 0 aromatic heterocycles. The summed E-state index contributed by atoms with van der Waals surface area (Å²) >= 11 is 0. The standard InChI is InChI=1S/C13H26N2O3/c1-7-9(10(16)17)14-11(18)15-13(5,6)8-12(2,3)4/h9H,7-8H2,1-6H3,(H,16,17)(H2,14,15,18)/t9-/m1/s1. The van der Waals surface area contributed by atoms with Crippen LogP contribution in [-0.2, 0) is 4.79 Å². The topological polar surface area (TPSA) is 78.4 Å². The van der Waals surface area contributed by atoms with Crippen LogP contribution in [0.4, 0.5) is 4.79 Å². The molecule has 18 heavy (non-hydrogen) atoms. The molecule has 0 bridgehead atoms. The molecule has 5 heteroatoms. The molecule has 0 unspecified atom stereocenters. The number of amides is 2. The fraction of sp³-hybridized carbons (Fsp3) is 0.846. The van der Waals surface area contributed by atoms with Gasteiger partial charge in [-0.05, 0) is 32.1 Å². The van der Waals surface area contributed by atoms with Gasteiger partial charge < -0.3 is 15.7 Å². The summed E-state index contributed by atoms with van der Waals surface area (Å²) in [6, 6.07) is -1.27. The van der Waals surface area contributed by atoms with Crippen LogP contribution in [-0.4, -0.2) is 28.7 Å². The number of nitrogens with one attached hydrogen (secondary N) is 2. The number of hydrogen-bond acceptors (Lipinski definition) is 2. The second-order valence-corrected chi connectivity index (χ2v) is 6.52. The van der Waals surface area contributed by atoms with Crippen LogP contribution in [0.1, 0.15) is 54.4 Å². The molecule has 0 heterocycles. The Labute approximate surface area is 109 Å². The molecule has 0 saturated heterocycles. The van der Waals surface area contributed by atoms with E-state index in [0.717, 1.165) is 6.42 Å². The lowest BCUT2D eigenvalue weighted by molar-refractivity contribution is -0.139. The van der Waals surface area contributed by atoms with Gasteiger partial charge in [0.05, 0.1) is 0 Å². The fourth-order valence-corrected chi connectivity index (χ4v) is 2.21. The third-order valence-corrected chi connectivity index (χ3v) is 2.44. The van der Waals surface area contributed by atoms with Crippen molar-refractivity contribution in [3.8, 4) is 0 Å². The Bertz CT molecular complexity index is 306. The van der Waals surface area contributed by atoms with Crippen molar-refractivity contribution < 1.29 is 14.7 Å². The predicted molar refractivity (Wildman–Crippen MR) is 71.5 cm³/mol. The molecule has 0 radical (unpaired) electrons. The lowest BCUT2D eigenvalue weighted by Gasteiger charge is -2.33. The number of carboxylic acids is 1. The van der Waals surface area contributed by atoms with Gasteiger partial charge in [0.15, 0.2) is 0 Å². The van der Waals surface area contributed by atoms with Crippen LogP contribution < -0.4 is 10.6 Å². The van der Waals surface area contributed by atoms with E-state index in [-0.39, 0.29) is 11.0 Å². The summed E-state index contributed by atoms with van der Waals surface area (Å²) in [6.07, 6.45) is 1.17. The van der Waals surface area contributed by atoms with Gasteiger partial charge in [-0.15, -0.1) is 0 Å². The second-order valence-electron chi connectivity index (χ2n) is 6.52.